The van der Waals surface area contributed by atoms with Crippen molar-refractivity contribution in [2.24, 2.45) is 5.73 Å². The van der Waals surface area contributed by atoms with E-state index in [9.17, 15) is 19.2 Å². The first-order valence-corrected chi connectivity index (χ1v) is 12.5. The molecule has 0 aliphatic rings. The Labute approximate surface area is 233 Å². The first kappa shape index (κ1) is 30.9. The number of ether oxygens (including phenoxy) is 1. The van der Waals surface area contributed by atoms with Crippen LogP contribution in [0.3, 0.4) is 0 Å². The molecule has 206 valence electrons. The maximum Gasteiger partial charge on any atom is 0.408 e. The Hall–Kier alpha value is -4.29. The average Bonchev–Trinajstić information content (AvgIpc) is 2.84. The highest BCUT2D eigenvalue weighted by molar-refractivity contribution is 6.34. The van der Waals surface area contributed by atoms with Crippen LogP contribution in [0.5, 0.6) is 0 Å². The Morgan fingerprint density at radius 2 is 1.85 bits per heavy atom. The molecule has 0 fully saturated rings. The van der Waals surface area contributed by atoms with Crippen molar-refractivity contribution in [2.45, 2.75) is 51.8 Å². The van der Waals surface area contributed by atoms with E-state index in [0.29, 0.717) is 27.4 Å². The zero-order valence-corrected chi connectivity index (χ0v) is 23.2. The Balaban J connectivity index is 2.62. The van der Waals surface area contributed by atoms with Crippen LogP contribution in [0.25, 0.3) is 0 Å². The molecule has 0 bridgehead atoms. The minimum Gasteiger partial charge on any atom is -0.444 e. The van der Waals surface area contributed by atoms with Crippen molar-refractivity contribution in [2.75, 3.05) is 11.9 Å². The molecule has 0 heterocycles. The number of amides is 4. The monoisotopic (exact) mass is 552 g/mol. The minimum absolute atomic E-state index is 0.136. The van der Waals surface area contributed by atoms with Crippen LogP contribution in [-0.4, -0.2) is 46.9 Å². The number of alkyl carbamates (subject to hydrolysis) is 1. The van der Waals surface area contributed by atoms with E-state index in [-0.39, 0.29) is 6.54 Å². The second-order valence-electron chi connectivity index (χ2n) is 9.70. The van der Waals surface area contributed by atoms with Crippen molar-refractivity contribution in [3.05, 3.63) is 76.8 Å². The molecule has 2 atom stereocenters. The second-order valence-corrected chi connectivity index (χ2v) is 10.1. The molecule has 0 saturated heterocycles. The number of carbonyl (C=O) groups excluding carboxylic acids is 4. The van der Waals surface area contributed by atoms with E-state index in [4.69, 9.17) is 28.5 Å². The van der Waals surface area contributed by atoms with E-state index in [1.807, 2.05) is 0 Å². The van der Waals surface area contributed by atoms with Crippen LogP contribution < -0.4 is 16.4 Å². The molecule has 2 aromatic carbocycles. The van der Waals surface area contributed by atoms with Crippen molar-refractivity contribution in [1.29, 1.82) is 0 Å². The van der Waals surface area contributed by atoms with Crippen LogP contribution in [-0.2, 0) is 19.1 Å². The second kappa shape index (κ2) is 13.5. The van der Waals surface area contributed by atoms with Gasteiger partial charge in [0.15, 0.2) is 0 Å². The van der Waals surface area contributed by atoms with Crippen LogP contribution >= 0.6 is 11.6 Å². The average molecular weight is 553 g/mol. The molecule has 0 spiro atoms. The van der Waals surface area contributed by atoms with Gasteiger partial charge >= 0.3 is 6.09 Å². The topological polar surface area (TPSA) is 131 Å². The molecular weight excluding hydrogens is 520 g/mol. The maximum absolute atomic E-state index is 13.9. The fourth-order valence-electron chi connectivity index (χ4n) is 3.81. The third-order valence-electron chi connectivity index (χ3n) is 5.44. The standard InChI is InChI=1S/C29H33ClN4O5/c1-7-16-34(27(37)22(17-23(31)35)32-28(38)39-29(4,5)6)25(20-14-10-9-13-19(20)8-2)26(36)33-24-18(3)12-11-15-21(24)30/h2,7,9-15,22,25H,1,16-17H2,3-6H3,(H2,31,35)(H,32,38)(H,33,36). The summed E-state index contributed by atoms with van der Waals surface area (Å²) in [6.45, 7) is 10.3. The smallest absolute Gasteiger partial charge is 0.408 e. The largest absolute Gasteiger partial charge is 0.444 e. The van der Waals surface area contributed by atoms with Crippen molar-refractivity contribution in [1.82, 2.24) is 10.2 Å². The molecule has 0 aliphatic carbocycles. The van der Waals surface area contributed by atoms with Gasteiger partial charge in [-0.2, -0.15) is 0 Å². The van der Waals surface area contributed by atoms with Crippen molar-refractivity contribution in [3.8, 4) is 12.3 Å². The minimum atomic E-state index is -1.44. The molecule has 0 saturated carbocycles. The molecule has 9 nitrogen and oxygen atoms in total. The zero-order valence-electron chi connectivity index (χ0n) is 22.4. The summed E-state index contributed by atoms with van der Waals surface area (Å²) in [5.74, 6) is 0.290. The van der Waals surface area contributed by atoms with Gasteiger partial charge in [-0.3, -0.25) is 14.4 Å². The number of rotatable bonds is 10. The van der Waals surface area contributed by atoms with Crippen molar-refractivity contribution in [3.63, 3.8) is 0 Å². The van der Waals surface area contributed by atoms with Crippen molar-refractivity contribution < 1.29 is 23.9 Å². The summed E-state index contributed by atoms with van der Waals surface area (Å²) in [7, 11) is 0. The molecule has 4 N–H and O–H groups in total. The van der Waals surface area contributed by atoms with Crippen LogP contribution in [0.1, 0.15) is 49.9 Å². The van der Waals surface area contributed by atoms with E-state index < -0.39 is 47.9 Å². The molecule has 0 aromatic heterocycles. The van der Waals surface area contributed by atoms with Gasteiger partial charge in [0, 0.05) is 12.1 Å². The number of nitrogens with one attached hydrogen (secondary N) is 2. The molecule has 0 aliphatic heterocycles. The predicted octanol–water partition coefficient (Wildman–Crippen LogP) is 4.09. The Morgan fingerprint density at radius 3 is 2.41 bits per heavy atom. The number of para-hydroxylation sites is 1. The lowest BCUT2D eigenvalue weighted by Gasteiger charge is -2.34. The number of primary amides is 1. The van der Waals surface area contributed by atoms with E-state index in [1.165, 1.54) is 6.08 Å². The molecule has 2 unspecified atom stereocenters. The molecule has 39 heavy (non-hydrogen) atoms. The van der Waals surface area contributed by atoms with E-state index >= 15 is 0 Å². The van der Waals surface area contributed by atoms with Crippen molar-refractivity contribution >= 4 is 41.1 Å². The lowest BCUT2D eigenvalue weighted by Crippen LogP contribution is -2.53. The third-order valence-corrected chi connectivity index (χ3v) is 5.76. The number of aryl methyl sites for hydroxylation is 1. The van der Waals surface area contributed by atoms with Gasteiger partial charge in [-0.15, -0.1) is 13.0 Å². The van der Waals surface area contributed by atoms with Crippen LogP contribution in [0.2, 0.25) is 5.02 Å². The third kappa shape index (κ3) is 8.62. The van der Waals surface area contributed by atoms with E-state index in [2.05, 4.69) is 23.1 Å². The lowest BCUT2D eigenvalue weighted by atomic mass is 9.97. The van der Waals surface area contributed by atoms with Crippen LogP contribution in [0, 0.1) is 19.3 Å². The molecule has 2 rings (SSSR count). The van der Waals surface area contributed by atoms with Gasteiger partial charge in [0.25, 0.3) is 5.91 Å². The first-order valence-electron chi connectivity index (χ1n) is 12.1. The normalized spacial score (nSPS) is 12.3. The van der Waals surface area contributed by atoms with Gasteiger partial charge in [0.05, 0.1) is 17.1 Å². The first-order chi connectivity index (χ1) is 18.3. The molecule has 4 amide bonds. The summed E-state index contributed by atoms with van der Waals surface area (Å²) in [6, 6.07) is 9.02. The van der Waals surface area contributed by atoms with Gasteiger partial charge in [0.1, 0.15) is 17.7 Å². The van der Waals surface area contributed by atoms with E-state index in [1.54, 1.807) is 70.2 Å². The number of nitrogens with two attached hydrogens (primary N) is 1. The summed E-state index contributed by atoms with van der Waals surface area (Å²) in [5, 5.41) is 5.51. The van der Waals surface area contributed by atoms with Crippen LogP contribution in [0.15, 0.2) is 55.1 Å². The number of benzene rings is 2. The Bertz CT molecular complexity index is 1280. The molecule has 0 radical (unpaired) electrons. The summed E-state index contributed by atoms with van der Waals surface area (Å²) in [5.41, 5.74) is 6.28. The van der Waals surface area contributed by atoms with Gasteiger partial charge in [-0.25, -0.2) is 4.79 Å². The number of carbonyl (C=O) groups is 4. The molecule has 2 aromatic rings. The number of hydrogen-bond acceptors (Lipinski definition) is 5. The Kier molecular flexibility index (Phi) is 10.7. The molecular formula is C29H33ClN4O5. The number of nitrogens with zero attached hydrogens (tertiary/aromatic N) is 1. The number of hydrogen-bond donors (Lipinski definition) is 3. The van der Waals surface area contributed by atoms with Crippen LogP contribution in [0.4, 0.5) is 10.5 Å². The van der Waals surface area contributed by atoms with E-state index in [0.717, 1.165) is 4.90 Å². The Morgan fingerprint density at radius 1 is 1.18 bits per heavy atom. The predicted molar refractivity (Wildman–Crippen MR) is 151 cm³/mol. The van der Waals surface area contributed by atoms with Gasteiger partial charge in [-0.05, 0) is 51.0 Å². The summed E-state index contributed by atoms with van der Waals surface area (Å²) in [4.78, 5) is 53.4. The number of anilines is 1. The number of halogens is 1. The summed E-state index contributed by atoms with van der Waals surface area (Å²) >= 11 is 6.35. The quantitative estimate of drug-likeness (QED) is 0.302. The highest BCUT2D eigenvalue weighted by atomic mass is 35.5. The van der Waals surface area contributed by atoms with Gasteiger partial charge in [-0.1, -0.05) is 53.9 Å². The fraction of sp³-hybridized carbons (Fsp3) is 0.310. The SMILES string of the molecule is C#Cc1ccccc1C(C(=O)Nc1c(C)cccc1Cl)N(CC=C)C(=O)C(CC(N)=O)NC(=O)OC(C)(C)C. The highest BCUT2D eigenvalue weighted by Crippen LogP contribution is 2.30. The number of terminal acetylenes is 1. The maximum atomic E-state index is 13.9. The molecule has 10 heteroatoms. The lowest BCUT2D eigenvalue weighted by molar-refractivity contribution is -0.141. The highest BCUT2D eigenvalue weighted by Gasteiger charge is 2.37. The fourth-order valence-corrected chi connectivity index (χ4v) is 4.08. The summed E-state index contributed by atoms with van der Waals surface area (Å²) < 4.78 is 5.26. The zero-order chi connectivity index (χ0) is 29.3. The van der Waals surface area contributed by atoms with Gasteiger partial charge < -0.3 is 26.0 Å². The van der Waals surface area contributed by atoms with Gasteiger partial charge in [0.2, 0.25) is 11.8 Å². The summed E-state index contributed by atoms with van der Waals surface area (Å²) in [6.07, 6.45) is 5.66.